The first-order valence-electron chi connectivity index (χ1n) is 18.6. The van der Waals surface area contributed by atoms with Crippen molar-refractivity contribution >= 4 is 110 Å². The van der Waals surface area contributed by atoms with Gasteiger partial charge in [-0.15, -0.1) is 34.0 Å². The maximum absolute atomic E-state index is 14.4. The van der Waals surface area contributed by atoms with Gasteiger partial charge in [-0.25, -0.2) is 13.2 Å². The molecule has 0 fully saturated rings. The lowest BCUT2D eigenvalue weighted by Crippen LogP contribution is -2.18. The first-order chi connectivity index (χ1) is 28.6. The number of allylic oxidation sites excluding steroid dienone is 2. The number of ketones is 4. The summed E-state index contributed by atoms with van der Waals surface area (Å²) in [5, 5.41) is 0. The Hall–Kier alpha value is -5.33. The summed E-state index contributed by atoms with van der Waals surface area (Å²) in [7, 11) is 0. The van der Waals surface area contributed by atoms with Crippen LogP contribution in [0.5, 0.6) is 0 Å². The first kappa shape index (κ1) is 41.0. The topological polar surface area (TPSA) is 78.1 Å². The number of Topliss-reactive ketones (excluding diaryl/α,β-unsaturated/α-hetero) is 4. The molecule has 2 unspecified atom stereocenters. The number of carbonyl (C=O) groups is 4. The molecule has 18 heteroatoms. The van der Waals surface area contributed by atoms with E-state index in [-0.39, 0.29) is 52.1 Å². The van der Waals surface area contributed by atoms with Gasteiger partial charge in [0, 0.05) is 57.9 Å². The van der Waals surface area contributed by atoms with E-state index in [1.165, 1.54) is 50.3 Å². The molecule has 0 N–H and O–H groups in total. The molecule has 5 heterocycles. The molecule has 5 aromatic heterocycles. The lowest BCUT2D eigenvalue weighted by molar-refractivity contribution is -0.144. The maximum Gasteiger partial charge on any atom is 0.389 e. The van der Waals surface area contributed by atoms with Crippen LogP contribution < -0.4 is 0 Å². The van der Waals surface area contributed by atoms with Crippen LogP contribution in [0.15, 0.2) is 47.5 Å². The Balaban J connectivity index is 1.23. The van der Waals surface area contributed by atoms with Crippen LogP contribution in [0, 0.1) is 36.2 Å². The number of nitrogens with zero attached hydrogens (tertiary/aromatic N) is 2. The fourth-order valence-corrected chi connectivity index (χ4v) is 12.2. The van der Waals surface area contributed by atoms with Crippen molar-refractivity contribution in [3.05, 3.63) is 103 Å². The van der Waals surface area contributed by atoms with E-state index >= 15 is 0 Å². The van der Waals surface area contributed by atoms with E-state index in [0.717, 1.165) is 28.7 Å². The fraction of sp³-hybridized carbons (Fsp3) is 0.256. The van der Waals surface area contributed by atoms with E-state index in [9.17, 15) is 58.7 Å². The Bertz CT molecular complexity index is 2890. The van der Waals surface area contributed by atoms with Crippen molar-refractivity contribution in [1.29, 1.82) is 0 Å². The second kappa shape index (κ2) is 14.1. The largest absolute Gasteiger partial charge is 0.389 e. The molecule has 2 aliphatic rings. The number of halogens is 9. The number of fused-ring (bicyclic) bond motifs is 9. The van der Waals surface area contributed by atoms with Gasteiger partial charge in [0.15, 0.2) is 34.8 Å². The van der Waals surface area contributed by atoms with Crippen molar-refractivity contribution in [1.82, 2.24) is 9.13 Å². The number of hydrogen-bond donors (Lipinski definition) is 0. The average molecular weight is 903 g/mol. The highest BCUT2D eigenvalue weighted by Crippen LogP contribution is 2.51. The van der Waals surface area contributed by atoms with Gasteiger partial charge in [-0.1, -0.05) is 13.8 Å². The fourth-order valence-electron chi connectivity index (χ4n) is 8.37. The molecular weight excluding hydrogens is 876 g/mol. The van der Waals surface area contributed by atoms with Gasteiger partial charge in [-0.2, -0.15) is 26.3 Å². The van der Waals surface area contributed by atoms with E-state index in [4.69, 9.17) is 0 Å². The zero-order valence-electron chi connectivity index (χ0n) is 31.8. The van der Waals surface area contributed by atoms with Crippen LogP contribution in [0.1, 0.15) is 83.4 Å². The predicted octanol–water partition coefficient (Wildman–Crippen LogP) is 12.9. The van der Waals surface area contributed by atoms with Gasteiger partial charge >= 0.3 is 12.4 Å². The predicted molar refractivity (Wildman–Crippen MR) is 217 cm³/mol. The summed E-state index contributed by atoms with van der Waals surface area (Å²) in [5.74, 6) is -8.17. The molecule has 0 bridgehead atoms. The summed E-state index contributed by atoms with van der Waals surface area (Å²) in [6.07, 6.45) is -8.69. The molecule has 314 valence electrons. The highest BCUT2D eigenvalue weighted by Gasteiger charge is 2.38. The molecule has 2 aromatic carbocycles. The second-order valence-electron chi connectivity index (χ2n) is 15.6. The molecule has 9 rings (SSSR count). The van der Waals surface area contributed by atoms with E-state index in [1.54, 1.807) is 21.3 Å². The highest BCUT2D eigenvalue weighted by atomic mass is 32.1. The van der Waals surface area contributed by atoms with Gasteiger partial charge in [-0.3, -0.25) is 19.2 Å². The van der Waals surface area contributed by atoms with Crippen LogP contribution in [0.3, 0.4) is 0 Å². The standard InChI is InChI=1S/C43H27F9N2O4S3/c1-16(12-42(47,48)49)14-53-30-7-19(5-25-34(55)21-4-18(3)27(44)9-22(21)35(25)56)59-38(30)40-32(53)33-41(61-40)39-31(54(33)15-17(2)13-43(50,51)52)8-20(60-39)6-26-36(57)23-10-28(45)29(46)11-24(23)37(26)58/h4-11,16-17H,12-15H2,1-3H3/b25-5-. The minimum absolute atomic E-state index is 0.0504. The van der Waals surface area contributed by atoms with Gasteiger partial charge in [0.05, 0.1) is 52.0 Å². The number of carbonyl (C=O) groups excluding carboxylic acids is 4. The molecule has 0 amide bonds. The Labute approximate surface area is 350 Å². The Kier molecular flexibility index (Phi) is 9.49. The van der Waals surface area contributed by atoms with Gasteiger partial charge in [0.25, 0.3) is 0 Å². The summed E-state index contributed by atoms with van der Waals surface area (Å²) in [5.41, 5.74) is 0.816. The summed E-state index contributed by atoms with van der Waals surface area (Å²) in [4.78, 5) is 53.9. The molecule has 2 atom stereocenters. The van der Waals surface area contributed by atoms with Crippen LogP contribution in [0.4, 0.5) is 39.5 Å². The number of aromatic nitrogens is 2. The summed E-state index contributed by atoms with van der Waals surface area (Å²) < 4.78 is 131. The van der Waals surface area contributed by atoms with E-state index in [2.05, 4.69) is 0 Å². The molecule has 7 aromatic rings. The second-order valence-corrected chi connectivity index (χ2v) is 18.8. The lowest BCUT2D eigenvalue weighted by atomic mass is 10.1. The molecule has 0 saturated heterocycles. The van der Waals surface area contributed by atoms with Crippen LogP contribution >= 0.6 is 34.0 Å². The van der Waals surface area contributed by atoms with Crippen molar-refractivity contribution in [2.75, 3.05) is 0 Å². The van der Waals surface area contributed by atoms with Gasteiger partial charge in [-0.05, 0) is 72.9 Å². The van der Waals surface area contributed by atoms with Crippen LogP contribution in [-0.2, 0) is 13.1 Å². The van der Waals surface area contributed by atoms with E-state index in [1.807, 2.05) is 0 Å². The first-order valence-corrected chi connectivity index (χ1v) is 21.1. The molecule has 0 spiro atoms. The molecule has 2 aliphatic carbocycles. The monoisotopic (exact) mass is 902 g/mol. The highest BCUT2D eigenvalue weighted by molar-refractivity contribution is 7.34. The summed E-state index contributed by atoms with van der Waals surface area (Å²) in [6, 6.07) is 6.83. The molecule has 0 aliphatic heterocycles. The number of hydrogen-bond acceptors (Lipinski definition) is 7. The Morgan fingerprint density at radius 3 is 1.28 bits per heavy atom. The van der Waals surface area contributed by atoms with E-state index < -0.39 is 77.6 Å². The van der Waals surface area contributed by atoms with Crippen molar-refractivity contribution in [3.63, 3.8) is 0 Å². The third-order valence-electron chi connectivity index (χ3n) is 10.9. The third kappa shape index (κ3) is 6.86. The Morgan fingerprint density at radius 1 is 0.541 bits per heavy atom. The summed E-state index contributed by atoms with van der Waals surface area (Å²) in [6.45, 7) is 3.95. The van der Waals surface area contributed by atoms with Gasteiger partial charge in [0.1, 0.15) is 5.82 Å². The van der Waals surface area contributed by atoms with Crippen LogP contribution in [-0.4, -0.2) is 44.6 Å². The van der Waals surface area contributed by atoms with Crippen molar-refractivity contribution < 1.29 is 58.7 Å². The Morgan fingerprint density at radius 2 is 0.902 bits per heavy atom. The average Bonchev–Trinajstić information content (AvgIpc) is 4.00. The molecule has 0 saturated carbocycles. The van der Waals surface area contributed by atoms with Crippen molar-refractivity contribution in [3.8, 4) is 0 Å². The molecule has 61 heavy (non-hydrogen) atoms. The number of alkyl halides is 6. The quantitative estimate of drug-likeness (QED) is 0.0865. The summed E-state index contributed by atoms with van der Waals surface area (Å²) >= 11 is 3.51. The van der Waals surface area contributed by atoms with Crippen molar-refractivity contribution in [2.24, 2.45) is 11.8 Å². The molecule has 6 nitrogen and oxygen atoms in total. The SMILES string of the molecule is Cc1cc2c(cc1F)C(=O)/C(=C\c1cc3c(s1)c1sc4c5sc(C=C6C(=O)c7cc(F)c(F)cc7C6=O)cc5n(CC(C)CC(F)(F)F)c4c1n3CC(C)CC(F)(F)F)C2=O. The molecule has 0 radical (unpaired) electrons. The minimum Gasteiger partial charge on any atom is -0.337 e. The number of aryl methyl sites for hydroxylation is 1. The zero-order valence-corrected chi connectivity index (χ0v) is 34.2. The number of rotatable bonds is 8. The van der Waals surface area contributed by atoms with Crippen molar-refractivity contribution in [2.45, 2.75) is 59.1 Å². The minimum atomic E-state index is -4.52. The molecular formula is C43H27F9N2O4S3. The van der Waals surface area contributed by atoms with Gasteiger partial charge < -0.3 is 9.13 Å². The van der Waals surface area contributed by atoms with Crippen LogP contribution in [0.25, 0.3) is 53.0 Å². The lowest BCUT2D eigenvalue weighted by Gasteiger charge is -2.18. The third-order valence-corrected chi connectivity index (χ3v) is 14.5. The normalized spacial score (nSPS) is 16.5. The smallest absolute Gasteiger partial charge is 0.337 e. The zero-order chi connectivity index (χ0) is 43.8. The van der Waals surface area contributed by atoms with Crippen LogP contribution in [0.2, 0.25) is 0 Å². The van der Waals surface area contributed by atoms with E-state index in [0.29, 0.717) is 62.8 Å². The van der Waals surface area contributed by atoms with Gasteiger partial charge in [0.2, 0.25) is 0 Å². The number of thiophene rings is 3. The maximum atomic E-state index is 14.4. The number of benzene rings is 2.